The van der Waals surface area contributed by atoms with Gasteiger partial charge in [0.15, 0.2) is 0 Å². The van der Waals surface area contributed by atoms with Crippen molar-refractivity contribution in [3.8, 4) is 0 Å². The highest BCUT2D eigenvalue weighted by Gasteiger charge is 2.04. The van der Waals surface area contributed by atoms with Gasteiger partial charge in [0.1, 0.15) is 0 Å². The fourth-order valence-electron chi connectivity index (χ4n) is 1.67. The van der Waals surface area contributed by atoms with Crippen molar-refractivity contribution in [3.63, 3.8) is 0 Å². The molecule has 90 valence electrons. The second-order valence-electron chi connectivity index (χ2n) is 4.05. The molecule has 0 radical (unpaired) electrons. The molecule has 1 N–H and O–H groups in total. The summed E-state index contributed by atoms with van der Waals surface area (Å²) >= 11 is 9.58. The van der Waals surface area contributed by atoms with Gasteiger partial charge >= 0.3 is 0 Å². The van der Waals surface area contributed by atoms with Crippen molar-refractivity contribution in [2.24, 2.45) is 5.92 Å². The molecule has 0 aliphatic heterocycles. The second-order valence-corrected chi connectivity index (χ2v) is 5.37. The number of halogens is 2. The maximum absolute atomic E-state index is 6.12. The molecule has 0 heterocycles. The highest BCUT2D eigenvalue weighted by Crippen LogP contribution is 2.20. The molecular weight excluding hydrogens is 286 g/mol. The Balaban J connectivity index is 2.45. The van der Waals surface area contributed by atoms with E-state index in [1.807, 2.05) is 12.1 Å². The first-order valence-corrected chi connectivity index (χ1v) is 6.99. The minimum atomic E-state index is 0.769. The summed E-state index contributed by atoms with van der Waals surface area (Å²) in [5.41, 5.74) is 1.15. The van der Waals surface area contributed by atoms with Crippen LogP contribution < -0.4 is 5.32 Å². The van der Waals surface area contributed by atoms with Crippen LogP contribution in [-0.4, -0.2) is 6.54 Å². The Morgan fingerprint density at radius 1 is 1.31 bits per heavy atom. The van der Waals surface area contributed by atoms with E-state index in [-0.39, 0.29) is 0 Å². The summed E-state index contributed by atoms with van der Waals surface area (Å²) in [6, 6.07) is 5.97. The minimum absolute atomic E-state index is 0.769. The molecule has 1 aromatic rings. The van der Waals surface area contributed by atoms with Gasteiger partial charge in [-0.15, -0.1) is 0 Å². The topological polar surface area (TPSA) is 12.0 Å². The maximum atomic E-state index is 6.12. The first-order chi connectivity index (χ1) is 7.67. The van der Waals surface area contributed by atoms with Gasteiger partial charge in [-0.1, -0.05) is 54.2 Å². The monoisotopic (exact) mass is 303 g/mol. The van der Waals surface area contributed by atoms with Crippen molar-refractivity contribution >= 4 is 27.5 Å². The first-order valence-electron chi connectivity index (χ1n) is 5.82. The molecule has 0 aliphatic rings. The van der Waals surface area contributed by atoms with Crippen LogP contribution in [0.3, 0.4) is 0 Å². The molecule has 1 aromatic carbocycles. The molecule has 0 unspecified atom stereocenters. The van der Waals surface area contributed by atoms with Gasteiger partial charge in [0, 0.05) is 16.0 Å². The van der Waals surface area contributed by atoms with Gasteiger partial charge < -0.3 is 5.32 Å². The van der Waals surface area contributed by atoms with E-state index in [9.17, 15) is 0 Å². The normalized spacial score (nSPS) is 11.1. The van der Waals surface area contributed by atoms with Gasteiger partial charge in [0.2, 0.25) is 0 Å². The van der Waals surface area contributed by atoms with Crippen molar-refractivity contribution in [3.05, 3.63) is 33.3 Å². The quantitative estimate of drug-likeness (QED) is 0.808. The van der Waals surface area contributed by atoms with Gasteiger partial charge in [0.25, 0.3) is 0 Å². The third kappa shape index (κ3) is 4.44. The molecule has 0 fully saturated rings. The number of rotatable bonds is 6. The van der Waals surface area contributed by atoms with Crippen LogP contribution in [0, 0.1) is 5.92 Å². The van der Waals surface area contributed by atoms with E-state index in [4.69, 9.17) is 11.6 Å². The van der Waals surface area contributed by atoms with Crippen molar-refractivity contribution in [1.82, 2.24) is 5.32 Å². The van der Waals surface area contributed by atoms with Crippen molar-refractivity contribution < 1.29 is 0 Å². The summed E-state index contributed by atoms with van der Waals surface area (Å²) in [5.74, 6) is 0.769. The Bertz CT molecular complexity index is 324. The highest BCUT2D eigenvalue weighted by molar-refractivity contribution is 9.10. The Hall–Kier alpha value is -0.0500. The zero-order valence-electron chi connectivity index (χ0n) is 9.89. The van der Waals surface area contributed by atoms with Crippen LogP contribution in [0.15, 0.2) is 22.7 Å². The lowest BCUT2D eigenvalue weighted by Crippen LogP contribution is -2.21. The summed E-state index contributed by atoms with van der Waals surface area (Å²) in [6.07, 6.45) is 2.46. The van der Waals surface area contributed by atoms with Crippen LogP contribution >= 0.6 is 27.5 Å². The fourth-order valence-corrected chi connectivity index (χ4v) is 2.26. The number of nitrogens with one attached hydrogen (secondary N) is 1. The van der Waals surface area contributed by atoms with Crippen LogP contribution in [-0.2, 0) is 6.54 Å². The number of hydrogen-bond acceptors (Lipinski definition) is 1. The average molecular weight is 305 g/mol. The highest BCUT2D eigenvalue weighted by atomic mass is 79.9. The van der Waals surface area contributed by atoms with Gasteiger partial charge in [-0.3, -0.25) is 0 Å². The van der Waals surface area contributed by atoms with Gasteiger partial charge in [-0.25, -0.2) is 0 Å². The standard InChI is InChI=1S/C13H19BrClN/c1-3-10(4-2)8-16-9-11-7-12(14)5-6-13(11)15/h5-7,10,16H,3-4,8-9H2,1-2H3. The molecule has 16 heavy (non-hydrogen) atoms. The first kappa shape index (κ1) is 14.0. The van der Waals surface area contributed by atoms with Gasteiger partial charge in [-0.05, 0) is 36.2 Å². The van der Waals surface area contributed by atoms with E-state index >= 15 is 0 Å². The van der Waals surface area contributed by atoms with Crippen molar-refractivity contribution in [1.29, 1.82) is 0 Å². The van der Waals surface area contributed by atoms with Crippen LogP contribution in [0.1, 0.15) is 32.3 Å². The van der Waals surface area contributed by atoms with Crippen LogP contribution in [0.4, 0.5) is 0 Å². The molecule has 1 rings (SSSR count). The Labute approximate surface area is 112 Å². The van der Waals surface area contributed by atoms with E-state index < -0.39 is 0 Å². The zero-order chi connectivity index (χ0) is 12.0. The number of benzene rings is 1. The van der Waals surface area contributed by atoms with Crippen LogP contribution in [0.25, 0.3) is 0 Å². The predicted octanol–water partition coefficient (Wildman–Crippen LogP) is 4.63. The summed E-state index contributed by atoms with van der Waals surface area (Å²) < 4.78 is 1.08. The zero-order valence-corrected chi connectivity index (χ0v) is 12.2. The summed E-state index contributed by atoms with van der Waals surface area (Å²) in [5, 5.41) is 4.30. The second kappa shape index (κ2) is 7.31. The molecule has 3 heteroatoms. The van der Waals surface area contributed by atoms with Gasteiger partial charge in [-0.2, -0.15) is 0 Å². The van der Waals surface area contributed by atoms with Crippen LogP contribution in [0.5, 0.6) is 0 Å². The van der Waals surface area contributed by atoms with Gasteiger partial charge in [0.05, 0.1) is 0 Å². The molecule has 0 saturated heterocycles. The molecule has 0 atom stereocenters. The summed E-state index contributed by atoms with van der Waals surface area (Å²) in [4.78, 5) is 0. The minimum Gasteiger partial charge on any atom is -0.312 e. The van der Waals surface area contributed by atoms with Crippen LogP contribution in [0.2, 0.25) is 5.02 Å². The molecule has 0 aliphatic carbocycles. The van der Waals surface area contributed by atoms with Crippen molar-refractivity contribution in [2.45, 2.75) is 33.2 Å². The molecular formula is C13H19BrClN. The maximum Gasteiger partial charge on any atom is 0.0451 e. The Kier molecular flexibility index (Phi) is 6.40. The molecule has 0 aromatic heterocycles. The van der Waals surface area contributed by atoms with E-state index in [0.717, 1.165) is 34.1 Å². The Morgan fingerprint density at radius 2 is 2.00 bits per heavy atom. The lowest BCUT2D eigenvalue weighted by molar-refractivity contribution is 0.449. The molecule has 1 nitrogen and oxygen atoms in total. The summed E-state index contributed by atoms with van der Waals surface area (Å²) in [6.45, 7) is 6.38. The van der Waals surface area contributed by atoms with E-state index in [0.29, 0.717) is 0 Å². The predicted molar refractivity (Wildman–Crippen MR) is 74.9 cm³/mol. The SMILES string of the molecule is CCC(CC)CNCc1cc(Br)ccc1Cl. The molecule has 0 amide bonds. The molecule has 0 saturated carbocycles. The molecule has 0 spiro atoms. The fraction of sp³-hybridized carbons (Fsp3) is 0.538. The number of hydrogen-bond donors (Lipinski definition) is 1. The Morgan fingerprint density at radius 3 is 2.62 bits per heavy atom. The smallest absolute Gasteiger partial charge is 0.0451 e. The van der Waals surface area contributed by atoms with E-state index in [1.165, 1.54) is 12.8 Å². The van der Waals surface area contributed by atoms with E-state index in [1.54, 1.807) is 0 Å². The largest absolute Gasteiger partial charge is 0.312 e. The lowest BCUT2D eigenvalue weighted by atomic mass is 10.0. The summed E-state index contributed by atoms with van der Waals surface area (Å²) in [7, 11) is 0. The third-order valence-corrected chi connectivity index (χ3v) is 3.77. The molecule has 0 bridgehead atoms. The lowest BCUT2D eigenvalue weighted by Gasteiger charge is -2.13. The van der Waals surface area contributed by atoms with E-state index in [2.05, 4.69) is 41.2 Å². The van der Waals surface area contributed by atoms with Crippen molar-refractivity contribution in [2.75, 3.05) is 6.54 Å². The third-order valence-electron chi connectivity index (χ3n) is 2.91. The average Bonchev–Trinajstić information content (AvgIpc) is 2.29.